The summed E-state index contributed by atoms with van der Waals surface area (Å²) in [4.78, 5) is 21.9. The monoisotopic (exact) mass is 318 g/mol. The van der Waals surface area contributed by atoms with E-state index in [-0.39, 0.29) is 11.3 Å². The second-order valence-corrected chi connectivity index (χ2v) is 4.77. The number of nitro groups is 1. The Morgan fingerprint density at radius 3 is 2.61 bits per heavy atom. The summed E-state index contributed by atoms with van der Waals surface area (Å²) in [6.07, 6.45) is 2.18. The van der Waals surface area contributed by atoms with Crippen molar-refractivity contribution in [2.24, 2.45) is 0 Å². The second kappa shape index (κ2) is 6.78. The van der Waals surface area contributed by atoms with E-state index >= 15 is 0 Å². The molecule has 0 spiro atoms. The van der Waals surface area contributed by atoms with E-state index in [2.05, 4.69) is 5.32 Å². The van der Waals surface area contributed by atoms with E-state index in [4.69, 9.17) is 0 Å². The Balaban J connectivity index is 2.17. The lowest BCUT2D eigenvalue weighted by Crippen LogP contribution is -2.09. The van der Waals surface area contributed by atoms with Crippen LogP contribution in [0.4, 0.5) is 20.2 Å². The molecule has 0 bridgehead atoms. The van der Waals surface area contributed by atoms with Crippen LogP contribution in [0.5, 0.6) is 0 Å². The number of hydrogen-bond acceptors (Lipinski definition) is 3. The summed E-state index contributed by atoms with van der Waals surface area (Å²) in [6.45, 7) is 1.71. The Kier molecular flexibility index (Phi) is 4.80. The van der Waals surface area contributed by atoms with Crippen LogP contribution < -0.4 is 5.32 Å². The molecule has 0 saturated carbocycles. The van der Waals surface area contributed by atoms with Gasteiger partial charge >= 0.3 is 0 Å². The largest absolute Gasteiger partial charge is 0.320 e. The van der Waals surface area contributed by atoms with Crippen molar-refractivity contribution >= 4 is 23.4 Å². The van der Waals surface area contributed by atoms with Crippen LogP contribution in [0.25, 0.3) is 6.08 Å². The number of amides is 1. The number of hydrogen-bond donors (Lipinski definition) is 1. The SMILES string of the molecule is Cc1ccc(NC(=O)C=Cc2ccc(F)cc2[N+](=O)[O-])c(F)c1. The lowest BCUT2D eigenvalue weighted by atomic mass is 10.1. The maximum absolute atomic E-state index is 13.6. The van der Waals surface area contributed by atoms with Crippen molar-refractivity contribution in [2.75, 3.05) is 5.32 Å². The van der Waals surface area contributed by atoms with Crippen LogP contribution in [0.2, 0.25) is 0 Å². The minimum Gasteiger partial charge on any atom is -0.320 e. The minimum absolute atomic E-state index is 0.00106. The fourth-order valence-electron chi connectivity index (χ4n) is 1.88. The van der Waals surface area contributed by atoms with Crippen molar-refractivity contribution in [1.82, 2.24) is 0 Å². The third kappa shape index (κ3) is 4.19. The van der Waals surface area contributed by atoms with Crippen molar-refractivity contribution in [2.45, 2.75) is 6.92 Å². The van der Waals surface area contributed by atoms with Crippen LogP contribution in [-0.2, 0) is 4.79 Å². The molecule has 2 aromatic rings. The van der Waals surface area contributed by atoms with Gasteiger partial charge < -0.3 is 5.32 Å². The lowest BCUT2D eigenvalue weighted by Gasteiger charge is -2.04. The molecule has 0 atom stereocenters. The molecule has 23 heavy (non-hydrogen) atoms. The Labute approximate surface area is 130 Å². The smallest absolute Gasteiger partial charge is 0.279 e. The van der Waals surface area contributed by atoms with Gasteiger partial charge in [0.05, 0.1) is 22.2 Å². The first-order valence-corrected chi connectivity index (χ1v) is 6.56. The summed E-state index contributed by atoms with van der Waals surface area (Å²) in [5, 5.41) is 13.2. The third-order valence-electron chi connectivity index (χ3n) is 2.99. The number of rotatable bonds is 4. The van der Waals surface area contributed by atoms with Gasteiger partial charge in [0.25, 0.3) is 5.69 Å². The molecular formula is C16H12F2N2O3. The molecule has 0 aliphatic carbocycles. The van der Waals surface area contributed by atoms with Crippen molar-refractivity contribution in [3.63, 3.8) is 0 Å². The summed E-state index contributed by atoms with van der Waals surface area (Å²) in [7, 11) is 0. The molecule has 1 N–H and O–H groups in total. The molecule has 2 rings (SSSR count). The van der Waals surface area contributed by atoms with Crippen molar-refractivity contribution in [3.8, 4) is 0 Å². The number of aryl methyl sites for hydroxylation is 1. The molecule has 118 valence electrons. The maximum atomic E-state index is 13.6. The fourth-order valence-corrected chi connectivity index (χ4v) is 1.88. The van der Waals surface area contributed by atoms with Crippen LogP contribution in [0.15, 0.2) is 42.5 Å². The number of anilines is 1. The third-order valence-corrected chi connectivity index (χ3v) is 2.99. The molecule has 0 unspecified atom stereocenters. The summed E-state index contributed by atoms with van der Waals surface area (Å²) in [5.74, 6) is -1.99. The Bertz CT molecular complexity index is 804. The number of nitrogens with one attached hydrogen (secondary N) is 1. The lowest BCUT2D eigenvalue weighted by molar-refractivity contribution is -0.385. The highest BCUT2D eigenvalue weighted by Crippen LogP contribution is 2.21. The number of nitro benzene ring substituents is 1. The van der Waals surface area contributed by atoms with Crippen molar-refractivity contribution in [1.29, 1.82) is 0 Å². The molecule has 0 saturated heterocycles. The van der Waals surface area contributed by atoms with E-state index < -0.39 is 28.2 Å². The molecule has 2 aromatic carbocycles. The molecule has 0 aliphatic heterocycles. The maximum Gasteiger partial charge on any atom is 0.279 e. The van der Waals surface area contributed by atoms with Gasteiger partial charge in [-0.15, -0.1) is 0 Å². The van der Waals surface area contributed by atoms with E-state index in [9.17, 15) is 23.7 Å². The molecule has 1 amide bonds. The van der Waals surface area contributed by atoms with Gasteiger partial charge in [-0.2, -0.15) is 0 Å². The highest BCUT2D eigenvalue weighted by atomic mass is 19.1. The Morgan fingerprint density at radius 2 is 1.96 bits per heavy atom. The molecule has 0 fully saturated rings. The van der Waals surface area contributed by atoms with Crippen LogP contribution in [-0.4, -0.2) is 10.8 Å². The molecular weight excluding hydrogens is 306 g/mol. The van der Waals surface area contributed by atoms with E-state index in [1.807, 2.05) is 0 Å². The first-order chi connectivity index (χ1) is 10.9. The zero-order valence-electron chi connectivity index (χ0n) is 12.0. The van der Waals surface area contributed by atoms with Gasteiger partial charge in [-0.3, -0.25) is 14.9 Å². The highest BCUT2D eigenvalue weighted by molar-refractivity contribution is 6.02. The molecule has 0 heterocycles. The summed E-state index contributed by atoms with van der Waals surface area (Å²) < 4.78 is 26.6. The van der Waals surface area contributed by atoms with Crippen LogP contribution in [0, 0.1) is 28.7 Å². The number of halogens is 2. The van der Waals surface area contributed by atoms with Crippen LogP contribution in [0.3, 0.4) is 0 Å². The van der Waals surface area contributed by atoms with E-state index in [1.165, 1.54) is 24.3 Å². The molecule has 0 radical (unpaired) electrons. The van der Waals surface area contributed by atoms with Gasteiger partial charge in [0.2, 0.25) is 5.91 Å². The topological polar surface area (TPSA) is 72.2 Å². The molecule has 0 aliphatic rings. The number of carbonyl (C=O) groups is 1. The number of nitrogens with zero attached hydrogens (tertiary/aromatic N) is 1. The van der Waals surface area contributed by atoms with Crippen molar-refractivity contribution in [3.05, 3.63) is 75.3 Å². The molecule has 5 nitrogen and oxygen atoms in total. The fraction of sp³-hybridized carbons (Fsp3) is 0.0625. The number of carbonyl (C=O) groups excluding carboxylic acids is 1. The van der Waals surface area contributed by atoms with Crippen molar-refractivity contribution < 1.29 is 18.5 Å². The summed E-state index contributed by atoms with van der Waals surface area (Å²) >= 11 is 0. The first kappa shape index (κ1) is 16.3. The minimum atomic E-state index is -0.750. The average Bonchev–Trinajstić information content (AvgIpc) is 2.48. The van der Waals surface area contributed by atoms with Gasteiger partial charge in [0, 0.05) is 6.08 Å². The van der Waals surface area contributed by atoms with Gasteiger partial charge in [0.1, 0.15) is 11.6 Å². The predicted molar refractivity (Wildman–Crippen MR) is 81.9 cm³/mol. The zero-order chi connectivity index (χ0) is 17.0. The van der Waals surface area contributed by atoms with E-state index in [1.54, 1.807) is 13.0 Å². The van der Waals surface area contributed by atoms with Crippen LogP contribution in [0.1, 0.15) is 11.1 Å². The standard InChI is InChI=1S/C16H12F2N2O3/c1-10-2-6-14(13(18)8-10)19-16(21)7-4-11-3-5-12(17)9-15(11)20(22)23/h2-9H,1H3,(H,19,21). The van der Waals surface area contributed by atoms with Crippen LogP contribution >= 0.6 is 0 Å². The normalized spacial score (nSPS) is 10.7. The van der Waals surface area contributed by atoms with Gasteiger partial charge in [0.15, 0.2) is 0 Å². The summed E-state index contributed by atoms with van der Waals surface area (Å²) in [6, 6.07) is 7.30. The van der Waals surface area contributed by atoms with E-state index in [0.717, 1.165) is 18.2 Å². The Hall–Kier alpha value is -3.09. The Morgan fingerprint density at radius 1 is 1.22 bits per heavy atom. The molecule has 0 aromatic heterocycles. The second-order valence-electron chi connectivity index (χ2n) is 4.77. The van der Waals surface area contributed by atoms with Gasteiger partial charge in [-0.05, 0) is 42.8 Å². The highest BCUT2D eigenvalue weighted by Gasteiger charge is 2.13. The first-order valence-electron chi connectivity index (χ1n) is 6.56. The number of benzene rings is 2. The van der Waals surface area contributed by atoms with E-state index in [0.29, 0.717) is 5.56 Å². The summed E-state index contributed by atoms with van der Waals surface area (Å²) in [5.41, 5.74) is 0.309. The van der Waals surface area contributed by atoms with Gasteiger partial charge in [-0.25, -0.2) is 8.78 Å². The zero-order valence-corrected chi connectivity index (χ0v) is 12.0. The quantitative estimate of drug-likeness (QED) is 0.529. The molecule has 7 heteroatoms. The van der Waals surface area contributed by atoms with Gasteiger partial charge in [-0.1, -0.05) is 6.07 Å². The average molecular weight is 318 g/mol. The predicted octanol–water partition coefficient (Wildman–Crippen LogP) is 3.83.